The largest absolute Gasteiger partial charge is 0.394 e. The summed E-state index contributed by atoms with van der Waals surface area (Å²) in [6.45, 7) is 2.82. The van der Waals surface area contributed by atoms with Crippen molar-refractivity contribution in [3.8, 4) is 0 Å². The molecule has 1 amide bonds. The van der Waals surface area contributed by atoms with E-state index < -0.39 is 86.8 Å². The van der Waals surface area contributed by atoms with E-state index in [1.54, 1.807) is 6.08 Å². The van der Waals surface area contributed by atoms with Gasteiger partial charge in [-0.05, 0) is 70.6 Å². The lowest BCUT2D eigenvalue weighted by Crippen LogP contribution is -2.65. The highest BCUT2D eigenvalue weighted by molar-refractivity contribution is 5.76. The average Bonchev–Trinajstić information content (AvgIpc) is 0.854. The zero-order valence-corrected chi connectivity index (χ0v) is 59.5. The molecule has 544 valence electrons. The summed E-state index contributed by atoms with van der Waals surface area (Å²) in [5, 5.41) is 87.6. The quantitative estimate of drug-likeness (QED) is 0.0204. The van der Waals surface area contributed by atoms with E-state index >= 15 is 0 Å². The molecule has 9 N–H and O–H groups in total. The number of allylic oxidation sites excluding steroid dienone is 9. The van der Waals surface area contributed by atoms with Crippen LogP contribution in [-0.4, -0.2) is 140 Å². The van der Waals surface area contributed by atoms with Crippen molar-refractivity contribution in [2.24, 2.45) is 0 Å². The van der Waals surface area contributed by atoms with Gasteiger partial charge in [0.25, 0.3) is 0 Å². The summed E-state index contributed by atoms with van der Waals surface area (Å²) in [6, 6.07) is -0.934. The van der Waals surface area contributed by atoms with Crippen LogP contribution in [0.2, 0.25) is 0 Å². The fourth-order valence-corrected chi connectivity index (χ4v) is 12.7. The van der Waals surface area contributed by atoms with Gasteiger partial charge in [0.1, 0.15) is 48.8 Å². The highest BCUT2D eigenvalue weighted by Gasteiger charge is 2.51. The van der Waals surface area contributed by atoms with E-state index in [9.17, 15) is 45.6 Å². The Kier molecular flexibility index (Phi) is 58.9. The second kappa shape index (κ2) is 63.2. The lowest BCUT2D eigenvalue weighted by molar-refractivity contribution is -0.359. The van der Waals surface area contributed by atoms with Crippen LogP contribution in [-0.2, 0) is 23.7 Å². The Balaban J connectivity index is 1.62. The standard InChI is InChI=1S/C79H145NO13/c1-3-5-7-9-11-13-15-17-19-21-23-25-27-29-30-31-32-33-34-35-36-37-38-39-41-43-45-47-49-51-53-55-57-59-61-63-71(84)80-67(66-90-78-76(89)74(87)77(70(65-82)92-78)93-79-75(88)73(86)72(85)69(64-81)91-79)68(83)62-60-58-56-54-52-50-48-46-44-42-40-28-26-24-22-20-18-16-14-12-10-8-6-4-2/h15,17,21,23,27,29,52,54,60,62,67-70,72-79,81-83,85-89H,3-14,16,18-20,22,24-26,28,30-51,53,55-59,61,63-66H2,1-2H3,(H,80,84)/b17-15-,23-21-,29-27-,54-52+,62-60+. The second-order valence-electron chi connectivity index (χ2n) is 27.5. The Morgan fingerprint density at radius 3 is 1.13 bits per heavy atom. The number of nitrogens with one attached hydrogen (secondary N) is 1. The molecule has 2 saturated heterocycles. The SMILES string of the molecule is CCCCCCC/C=C\C/C=C\C/C=C\CCCCCCCCCCCCCCCCCCCCCCC(=O)NC(COC1OC(CO)C(OC2OC(CO)C(O)C(O)C2O)C(O)C1O)C(O)/C=C/CC/C=C/CCCCCCCCCCCCCCCCCCCC. The first-order chi connectivity index (χ1) is 45.6. The molecule has 0 aromatic carbocycles. The van der Waals surface area contributed by atoms with Gasteiger partial charge in [0.2, 0.25) is 5.91 Å². The van der Waals surface area contributed by atoms with Crippen LogP contribution in [0.1, 0.15) is 341 Å². The maximum Gasteiger partial charge on any atom is 0.220 e. The van der Waals surface area contributed by atoms with Gasteiger partial charge in [0, 0.05) is 6.42 Å². The van der Waals surface area contributed by atoms with Crippen molar-refractivity contribution in [1.82, 2.24) is 5.32 Å². The predicted octanol–water partition coefficient (Wildman–Crippen LogP) is 17.2. The lowest BCUT2D eigenvalue weighted by atomic mass is 9.97. The normalized spacial score (nSPS) is 22.9. The lowest BCUT2D eigenvalue weighted by Gasteiger charge is -2.46. The number of carbonyl (C=O) groups excluding carboxylic acids is 1. The summed E-state index contributed by atoms with van der Waals surface area (Å²) in [7, 11) is 0. The summed E-state index contributed by atoms with van der Waals surface area (Å²) in [5.74, 6) is -0.244. The van der Waals surface area contributed by atoms with Crippen LogP contribution in [0.3, 0.4) is 0 Å². The van der Waals surface area contributed by atoms with E-state index in [1.165, 1.54) is 263 Å². The van der Waals surface area contributed by atoms with Crippen molar-refractivity contribution < 1.29 is 64.6 Å². The molecule has 0 aromatic rings. The van der Waals surface area contributed by atoms with Gasteiger partial charge in [-0.25, -0.2) is 0 Å². The van der Waals surface area contributed by atoms with Crippen molar-refractivity contribution in [2.45, 2.75) is 415 Å². The van der Waals surface area contributed by atoms with Gasteiger partial charge in [-0.1, -0.05) is 325 Å². The van der Waals surface area contributed by atoms with Gasteiger partial charge >= 0.3 is 0 Å². The Morgan fingerprint density at radius 1 is 0.387 bits per heavy atom. The molecule has 2 aliphatic rings. The molecular weight excluding hydrogens is 1170 g/mol. The number of carbonyl (C=O) groups is 1. The molecule has 0 saturated carbocycles. The third-order valence-electron chi connectivity index (χ3n) is 18.9. The Bertz CT molecular complexity index is 1790. The number of aliphatic hydroxyl groups excluding tert-OH is 8. The topological polar surface area (TPSA) is 228 Å². The van der Waals surface area contributed by atoms with Crippen LogP contribution in [0.25, 0.3) is 0 Å². The number of amides is 1. The minimum absolute atomic E-state index is 0.244. The van der Waals surface area contributed by atoms with Crippen LogP contribution in [0.15, 0.2) is 60.8 Å². The van der Waals surface area contributed by atoms with Crippen molar-refractivity contribution >= 4 is 5.91 Å². The number of ether oxygens (including phenoxy) is 4. The molecule has 2 heterocycles. The molecule has 14 heteroatoms. The third-order valence-corrected chi connectivity index (χ3v) is 18.9. The molecule has 2 rings (SSSR count). The van der Waals surface area contributed by atoms with Gasteiger partial charge in [-0.15, -0.1) is 0 Å². The first kappa shape index (κ1) is 86.8. The van der Waals surface area contributed by atoms with Crippen molar-refractivity contribution in [2.75, 3.05) is 19.8 Å². The minimum Gasteiger partial charge on any atom is -0.394 e. The summed E-state index contributed by atoms with van der Waals surface area (Å²) >= 11 is 0. The third kappa shape index (κ3) is 46.6. The number of rotatable bonds is 65. The van der Waals surface area contributed by atoms with Crippen LogP contribution in [0, 0.1) is 0 Å². The Labute approximate surface area is 568 Å². The van der Waals surface area contributed by atoms with Crippen LogP contribution < -0.4 is 5.32 Å². The van der Waals surface area contributed by atoms with E-state index in [1.807, 2.05) is 6.08 Å². The Morgan fingerprint density at radius 2 is 0.720 bits per heavy atom. The van der Waals surface area contributed by atoms with E-state index in [0.29, 0.717) is 12.8 Å². The summed E-state index contributed by atoms with van der Waals surface area (Å²) in [6.07, 6.45) is 68.7. The van der Waals surface area contributed by atoms with Gasteiger partial charge in [-0.2, -0.15) is 0 Å². The summed E-state index contributed by atoms with van der Waals surface area (Å²) in [4.78, 5) is 13.4. The number of hydrogen-bond acceptors (Lipinski definition) is 13. The predicted molar refractivity (Wildman–Crippen MR) is 383 cm³/mol. The van der Waals surface area contributed by atoms with E-state index in [4.69, 9.17) is 18.9 Å². The number of hydrogen-bond donors (Lipinski definition) is 9. The van der Waals surface area contributed by atoms with E-state index in [0.717, 1.165) is 44.9 Å². The monoisotopic (exact) mass is 1320 g/mol. The molecule has 93 heavy (non-hydrogen) atoms. The van der Waals surface area contributed by atoms with Gasteiger partial charge in [0.05, 0.1) is 32.0 Å². The maximum atomic E-state index is 13.4. The molecule has 2 aliphatic heterocycles. The highest BCUT2D eigenvalue weighted by atomic mass is 16.7. The molecule has 12 atom stereocenters. The average molecular weight is 1320 g/mol. The molecule has 0 spiro atoms. The van der Waals surface area contributed by atoms with Crippen LogP contribution in [0.4, 0.5) is 0 Å². The fourth-order valence-electron chi connectivity index (χ4n) is 12.7. The zero-order valence-electron chi connectivity index (χ0n) is 59.5. The van der Waals surface area contributed by atoms with Crippen molar-refractivity contribution in [3.05, 3.63) is 60.8 Å². The second-order valence-corrected chi connectivity index (χ2v) is 27.5. The van der Waals surface area contributed by atoms with E-state index in [2.05, 4.69) is 67.8 Å². The first-order valence-electron chi connectivity index (χ1n) is 39.0. The first-order valence-corrected chi connectivity index (χ1v) is 39.0. The molecular formula is C79H145NO13. The van der Waals surface area contributed by atoms with Crippen molar-refractivity contribution in [3.63, 3.8) is 0 Å². The summed E-state index contributed by atoms with van der Waals surface area (Å²) in [5.41, 5.74) is 0. The maximum absolute atomic E-state index is 13.4. The number of aliphatic hydroxyl groups is 8. The smallest absolute Gasteiger partial charge is 0.220 e. The molecule has 0 bridgehead atoms. The van der Waals surface area contributed by atoms with Crippen LogP contribution >= 0.6 is 0 Å². The Hall–Kier alpha value is -2.31. The van der Waals surface area contributed by atoms with E-state index in [-0.39, 0.29) is 18.9 Å². The molecule has 14 nitrogen and oxygen atoms in total. The summed E-state index contributed by atoms with van der Waals surface area (Å²) < 4.78 is 22.9. The highest BCUT2D eigenvalue weighted by Crippen LogP contribution is 2.30. The zero-order chi connectivity index (χ0) is 67.3. The molecule has 0 aromatic heterocycles. The van der Waals surface area contributed by atoms with Gasteiger partial charge < -0.3 is 65.1 Å². The van der Waals surface area contributed by atoms with Gasteiger partial charge in [-0.3, -0.25) is 4.79 Å². The van der Waals surface area contributed by atoms with Gasteiger partial charge in [0.15, 0.2) is 12.6 Å². The number of unbranched alkanes of at least 4 members (excludes halogenated alkanes) is 44. The van der Waals surface area contributed by atoms with Crippen LogP contribution in [0.5, 0.6) is 0 Å². The molecule has 12 unspecified atom stereocenters. The molecule has 0 radical (unpaired) electrons. The van der Waals surface area contributed by atoms with Crippen molar-refractivity contribution in [1.29, 1.82) is 0 Å². The fraction of sp³-hybridized carbons (Fsp3) is 0.861. The molecule has 0 aliphatic carbocycles. The minimum atomic E-state index is -1.79. The molecule has 2 fully saturated rings.